The van der Waals surface area contributed by atoms with Crippen LogP contribution >= 0.6 is 23.1 Å². The van der Waals surface area contributed by atoms with Crippen LogP contribution in [0, 0.1) is 0 Å². The zero-order chi connectivity index (χ0) is 17.8. The Morgan fingerprint density at radius 2 is 2.19 bits per heavy atom. The van der Waals surface area contributed by atoms with Crippen LogP contribution in [-0.2, 0) is 11.3 Å². The number of thiophene rings is 1. The first-order chi connectivity index (χ1) is 12.8. The number of hydrogen-bond acceptors (Lipinski definition) is 6. The van der Waals surface area contributed by atoms with Crippen molar-refractivity contribution in [3.8, 4) is 11.3 Å². The average Bonchev–Trinajstić information content (AvgIpc) is 3.38. The predicted molar refractivity (Wildman–Crippen MR) is 103 cm³/mol. The number of oxazole rings is 1. The van der Waals surface area contributed by atoms with Gasteiger partial charge in [-0.15, -0.1) is 0 Å². The highest BCUT2D eigenvalue weighted by Crippen LogP contribution is 2.23. The minimum absolute atomic E-state index is 0.0533. The molecule has 0 atom stereocenters. The summed E-state index contributed by atoms with van der Waals surface area (Å²) in [5, 5.41) is 12.0. The molecule has 0 aliphatic carbocycles. The smallest absolute Gasteiger partial charge is 0.257 e. The molecule has 0 radical (unpaired) electrons. The van der Waals surface area contributed by atoms with Gasteiger partial charge >= 0.3 is 0 Å². The molecule has 4 aromatic rings. The first-order valence-electron chi connectivity index (χ1n) is 8.09. The van der Waals surface area contributed by atoms with Gasteiger partial charge in [0.25, 0.3) is 5.22 Å². The number of thioether (sulfide) groups is 1. The van der Waals surface area contributed by atoms with Crippen LogP contribution in [0.15, 0.2) is 63.0 Å². The van der Waals surface area contributed by atoms with Gasteiger partial charge in [-0.25, -0.2) is 4.98 Å². The van der Waals surface area contributed by atoms with Crippen LogP contribution in [0.2, 0.25) is 0 Å². The predicted octanol–water partition coefficient (Wildman–Crippen LogP) is 3.66. The quantitative estimate of drug-likeness (QED) is 0.492. The van der Waals surface area contributed by atoms with Crippen molar-refractivity contribution in [3.05, 3.63) is 53.4 Å². The Bertz CT molecular complexity index is 974. The summed E-state index contributed by atoms with van der Waals surface area (Å²) >= 11 is 2.94. The van der Waals surface area contributed by atoms with Crippen molar-refractivity contribution in [2.75, 3.05) is 12.3 Å². The Balaban J connectivity index is 1.23. The largest absolute Gasteiger partial charge is 0.431 e. The number of nitrogens with zero attached hydrogens (tertiary/aromatic N) is 3. The molecule has 1 amide bonds. The lowest BCUT2D eigenvalue weighted by molar-refractivity contribution is -0.118. The maximum absolute atomic E-state index is 12.0. The molecule has 0 bridgehead atoms. The lowest BCUT2D eigenvalue weighted by Gasteiger charge is -2.04. The Hall–Kier alpha value is -2.58. The standard InChI is InChI=1S/C18H16N4O2S2/c23-17(12-26-18-20-15-3-1-2-4-16(15)24-18)19-7-9-22-8-5-14(21-22)13-6-10-25-11-13/h1-6,8,10-11H,7,9,12H2,(H,19,23). The first kappa shape index (κ1) is 16.9. The molecule has 1 N–H and O–H groups in total. The van der Waals surface area contributed by atoms with E-state index in [1.807, 2.05) is 52.7 Å². The summed E-state index contributed by atoms with van der Waals surface area (Å²) < 4.78 is 7.42. The number of carbonyl (C=O) groups excluding carboxylic acids is 1. The third-order valence-electron chi connectivity index (χ3n) is 3.72. The van der Waals surface area contributed by atoms with Gasteiger partial charge in [0.1, 0.15) is 5.52 Å². The Morgan fingerprint density at radius 3 is 3.04 bits per heavy atom. The van der Waals surface area contributed by atoms with Gasteiger partial charge in [0.2, 0.25) is 5.91 Å². The second kappa shape index (κ2) is 7.76. The monoisotopic (exact) mass is 384 g/mol. The highest BCUT2D eigenvalue weighted by atomic mass is 32.2. The normalized spacial score (nSPS) is 11.1. The summed E-state index contributed by atoms with van der Waals surface area (Å²) in [6.45, 7) is 1.15. The minimum Gasteiger partial charge on any atom is -0.431 e. The third-order valence-corrected chi connectivity index (χ3v) is 5.23. The second-order valence-electron chi connectivity index (χ2n) is 5.56. The molecule has 6 nitrogen and oxygen atoms in total. The number of nitrogens with one attached hydrogen (secondary N) is 1. The number of aromatic nitrogens is 3. The van der Waals surface area contributed by atoms with Crippen molar-refractivity contribution in [1.82, 2.24) is 20.1 Å². The molecular weight excluding hydrogens is 368 g/mol. The van der Waals surface area contributed by atoms with Crippen LogP contribution in [0.5, 0.6) is 0 Å². The summed E-state index contributed by atoms with van der Waals surface area (Å²) in [6, 6.07) is 11.6. The highest BCUT2D eigenvalue weighted by Gasteiger charge is 2.09. The lowest BCUT2D eigenvalue weighted by Crippen LogP contribution is -2.28. The fourth-order valence-electron chi connectivity index (χ4n) is 2.45. The van der Waals surface area contributed by atoms with Gasteiger partial charge < -0.3 is 9.73 Å². The number of para-hydroxylation sites is 2. The van der Waals surface area contributed by atoms with Crippen molar-refractivity contribution >= 4 is 40.1 Å². The minimum atomic E-state index is -0.0533. The van der Waals surface area contributed by atoms with Crippen molar-refractivity contribution in [2.24, 2.45) is 0 Å². The van der Waals surface area contributed by atoms with Crippen LogP contribution < -0.4 is 5.32 Å². The number of benzene rings is 1. The summed E-state index contributed by atoms with van der Waals surface area (Å²) in [5.74, 6) is 0.217. The summed E-state index contributed by atoms with van der Waals surface area (Å²) in [7, 11) is 0. The number of rotatable bonds is 7. The van der Waals surface area contributed by atoms with E-state index in [0.29, 0.717) is 18.3 Å². The summed E-state index contributed by atoms with van der Waals surface area (Å²) in [6.07, 6.45) is 1.92. The maximum Gasteiger partial charge on any atom is 0.257 e. The third kappa shape index (κ3) is 3.97. The molecule has 1 aromatic carbocycles. The molecular formula is C18H16N4O2S2. The van der Waals surface area contributed by atoms with E-state index in [9.17, 15) is 4.79 Å². The van der Waals surface area contributed by atoms with Crippen LogP contribution in [0.25, 0.3) is 22.4 Å². The van der Waals surface area contributed by atoms with Crippen LogP contribution in [0.1, 0.15) is 0 Å². The number of amides is 1. The van der Waals surface area contributed by atoms with E-state index in [0.717, 1.165) is 22.4 Å². The topological polar surface area (TPSA) is 73.0 Å². The fourth-order valence-corrected chi connectivity index (χ4v) is 3.77. The van der Waals surface area contributed by atoms with Crippen LogP contribution in [0.4, 0.5) is 0 Å². The fraction of sp³-hybridized carbons (Fsp3) is 0.167. The zero-order valence-corrected chi connectivity index (χ0v) is 15.4. The van der Waals surface area contributed by atoms with E-state index in [1.165, 1.54) is 11.8 Å². The molecule has 0 saturated heterocycles. The van der Waals surface area contributed by atoms with Gasteiger partial charge in [0.15, 0.2) is 5.58 Å². The zero-order valence-electron chi connectivity index (χ0n) is 13.8. The second-order valence-corrected chi connectivity index (χ2v) is 7.27. The molecule has 3 heterocycles. The molecule has 0 fully saturated rings. The van der Waals surface area contributed by atoms with Gasteiger partial charge in [0.05, 0.1) is 18.0 Å². The number of carbonyl (C=O) groups is 1. The van der Waals surface area contributed by atoms with Crippen molar-refractivity contribution < 1.29 is 9.21 Å². The highest BCUT2D eigenvalue weighted by molar-refractivity contribution is 7.99. The molecule has 26 heavy (non-hydrogen) atoms. The van der Waals surface area contributed by atoms with Gasteiger partial charge in [-0.1, -0.05) is 23.9 Å². The van der Waals surface area contributed by atoms with Crippen LogP contribution in [-0.4, -0.2) is 33.0 Å². The molecule has 0 unspecified atom stereocenters. The molecule has 0 aliphatic rings. The van der Waals surface area contributed by atoms with E-state index >= 15 is 0 Å². The maximum atomic E-state index is 12.0. The summed E-state index contributed by atoms with van der Waals surface area (Å²) in [5.41, 5.74) is 3.60. The molecule has 0 spiro atoms. The van der Waals surface area contributed by atoms with E-state index < -0.39 is 0 Å². The molecule has 0 aliphatic heterocycles. The van der Waals surface area contributed by atoms with E-state index in [-0.39, 0.29) is 11.7 Å². The Morgan fingerprint density at radius 1 is 1.27 bits per heavy atom. The van der Waals surface area contributed by atoms with E-state index in [4.69, 9.17) is 4.42 Å². The summed E-state index contributed by atoms with van der Waals surface area (Å²) in [4.78, 5) is 16.3. The van der Waals surface area contributed by atoms with Crippen molar-refractivity contribution in [1.29, 1.82) is 0 Å². The average molecular weight is 384 g/mol. The number of hydrogen-bond donors (Lipinski definition) is 1. The van der Waals surface area contributed by atoms with Gasteiger partial charge in [-0.2, -0.15) is 16.4 Å². The van der Waals surface area contributed by atoms with Gasteiger partial charge in [-0.05, 0) is 29.6 Å². The van der Waals surface area contributed by atoms with Crippen molar-refractivity contribution in [3.63, 3.8) is 0 Å². The Labute approximate surface area is 158 Å². The molecule has 0 saturated carbocycles. The van der Waals surface area contributed by atoms with E-state index in [1.54, 1.807) is 11.3 Å². The van der Waals surface area contributed by atoms with Crippen LogP contribution in [0.3, 0.4) is 0 Å². The van der Waals surface area contributed by atoms with Crippen molar-refractivity contribution in [2.45, 2.75) is 11.8 Å². The first-order valence-corrected chi connectivity index (χ1v) is 10.0. The number of fused-ring (bicyclic) bond motifs is 1. The Kier molecular flexibility index (Phi) is 5.03. The lowest BCUT2D eigenvalue weighted by atomic mass is 10.2. The molecule has 3 aromatic heterocycles. The van der Waals surface area contributed by atoms with Gasteiger partial charge in [-0.3, -0.25) is 9.48 Å². The molecule has 8 heteroatoms. The molecule has 132 valence electrons. The van der Waals surface area contributed by atoms with E-state index in [2.05, 4.69) is 20.8 Å². The van der Waals surface area contributed by atoms with Gasteiger partial charge in [0, 0.05) is 23.7 Å². The molecule has 4 rings (SSSR count). The SMILES string of the molecule is O=C(CSc1nc2ccccc2o1)NCCn1ccc(-c2ccsc2)n1.